The van der Waals surface area contributed by atoms with Gasteiger partial charge in [-0.2, -0.15) is 4.31 Å². The second kappa shape index (κ2) is 6.23. The summed E-state index contributed by atoms with van der Waals surface area (Å²) in [5.74, 6) is -0.0178. The molecule has 1 amide bonds. The number of nitrogens with one attached hydrogen (secondary N) is 1. The normalized spacial score (nSPS) is 26.0. The molecule has 1 aromatic carbocycles. The molecule has 2 aromatic rings. The van der Waals surface area contributed by atoms with Crippen molar-refractivity contribution in [2.24, 2.45) is 11.3 Å². The molecule has 1 aromatic heterocycles. The summed E-state index contributed by atoms with van der Waals surface area (Å²) in [5, 5.41) is 4.98. The first kappa shape index (κ1) is 16.8. The van der Waals surface area contributed by atoms with Gasteiger partial charge in [-0.1, -0.05) is 24.3 Å². The highest BCUT2D eigenvalue weighted by Crippen LogP contribution is 2.59. The third kappa shape index (κ3) is 3.12. The number of amides is 1. The lowest BCUT2D eigenvalue weighted by Crippen LogP contribution is -2.31. The Morgan fingerprint density at radius 3 is 2.76 bits per heavy atom. The topological polar surface area (TPSA) is 66.5 Å². The molecular weight excluding hydrogens is 356 g/mol. The van der Waals surface area contributed by atoms with Crippen LogP contribution in [0.3, 0.4) is 0 Å². The number of carbonyl (C=O) groups excluding carboxylic acids is 1. The Balaban J connectivity index is 1.39. The number of hydrogen-bond acceptors (Lipinski definition) is 4. The summed E-state index contributed by atoms with van der Waals surface area (Å²) < 4.78 is 27.0. The number of nitrogens with zero attached hydrogens (tertiary/aromatic N) is 1. The maximum atomic E-state index is 12.7. The molecule has 2 heterocycles. The molecular formula is C18H20N2O3S2. The van der Waals surface area contributed by atoms with Gasteiger partial charge in [0.05, 0.1) is 11.4 Å². The van der Waals surface area contributed by atoms with E-state index in [4.69, 9.17) is 0 Å². The molecule has 1 spiro atoms. The minimum atomic E-state index is -3.46. The number of sulfonamides is 1. The lowest BCUT2D eigenvalue weighted by Gasteiger charge is -2.16. The molecule has 2 aliphatic rings. The maximum Gasteiger partial charge on any atom is 0.243 e. The van der Waals surface area contributed by atoms with Crippen molar-refractivity contribution < 1.29 is 13.2 Å². The molecule has 1 aliphatic heterocycles. The largest absolute Gasteiger partial charge is 0.351 e. The Kier molecular flexibility index (Phi) is 4.17. The van der Waals surface area contributed by atoms with E-state index in [1.165, 1.54) is 4.31 Å². The van der Waals surface area contributed by atoms with Gasteiger partial charge >= 0.3 is 0 Å². The SMILES string of the molecule is O=C(NCc1cccs1)[C@H]1C[C@@]12CCN(S(=O)(=O)c1ccccc1)C2. The molecule has 0 unspecified atom stereocenters. The number of benzene rings is 1. The summed E-state index contributed by atoms with van der Waals surface area (Å²) in [4.78, 5) is 13.9. The van der Waals surface area contributed by atoms with Crippen molar-refractivity contribution >= 4 is 27.3 Å². The van der Waals surface area contributed by atoms with Gasteiger partial charge in [0.25, 0.3) is 0 Å². The van der Waals surface area contributed by atoms with E-state index in [0.29, 0.717) is 24.5 Å². The minimum Gasteiger partial charge on any atom is -0.351 e. The highest BCUT2D eigenvalue weighted by molar-refractivity contribution is 7.89. The van der Waals surface area contributed by atoms with Gasteiger partial charge in [-0.3, -0.25) is 4.79 Å². The van der Waals surface area contributed by atoms with Crippen LogP contribution in [0.4, 0.5) is 0 Å². The van der Waals surface area contributed by atoms with Gasteiger partial charge in [0.2, 0.25) is 15.9 Å². The molecule has 25 heavy (non-hydrogen) atoms. The van der Waals surface area contributed by atoms with E-state index in [0.717, 1.165) is 17.7 Å². The zero-order valence-corrected chi connectivity index (χ0v) is 15.4. The lowest BCUT2D eigenvalue weighted by atomic mass is 10.0. The molecule has 5 nitrogen and oxygen atoms in total. The van der Waals surface area contributed by atoms with Crippen molar-refractivity contribution in [3.05, 3.63) is 52.7 Å². The highest BCUT2D eigenvalue weighted by atomic mass is 32.2. The predicted octanol–water partition coefficient (Wildman–Crippen LogP) is 2.47. The van der Waals surface area contributed by atoms with E-state index in [2.05, 4.69) is 5.32 Å². The van der Waals surface area contributed by atoms with E-state index in [-0.39, 0.29) is 17.2 Å². The number of carbonyl (C=O) groups is 1. The van der Waals surface area contributed by atoms with Crippen LogP contribution in [-0.4, -0.2) is 31.7 Å². The standard InChI is InChI=1S/C18H20N2O3S2/c21-17(19-12-14-5-4-10-24-14)16-11-18(16)8-9-20(13-18)25(22,23)15-6-2-1-3-7-15/h1-7,10,16H,8-9,11-13H2,(H,19,21)/t16-,18-/m1/s1. The summed E-state index contributed by atoms with van der Waals surface area (Å²) in [6.07, 6.45) is 1.54. The zero-order valence-electron chi connectivity index (χ0n) is 13.7. The first-order valence-corrected chi connectivity index (χ1v) is 10.7. The van der Waals surface area contributed by atoms with E-state index in [1.807, 2.05) is 17.5 Å². The molecule has 1 N–H and O–H groups in total. The Morgan fingerprint density at radius 2 is 2.04 bits per heavy atom. The van der Waals surface area contributed by atoms with E-state index in [1.54, 1.807) is 41.7 Å². The van der Waals surface area contributed by atoms with Crippen LogP contribution >= 0.6 is 11.3 Å². The average molecular weight is 377 g/mol. The Labute approximate surface area is 151 Å². The van der Waals surface area contributed by atoms with E-state index in [9.17, 15) is 13.2 Å². The number of thiophene rings is 1. The van der Waals surface area contributed by atoms with Crippen LogP contribution in [0.2, 0.25) is 0 Å². The fraction of sp³-hybridized carbons (Fsp3) is 0.389. The third-order valence-electron chi connectivity index (χ3n) is 5.25. The van der Waals surface area contributed by atoms with Crippen molar-refractivity contribution in [1.82, 2.24) is 9.62 Å². The lowest BCUT2D eigenvalue weighted by molar-refractivity contribution is -0.123. The molecule has 132 valence electrons. The van der Waals surface area contributed by atoms with E-state index < -0.39 is 10.0 Å². The molecule has 2 fully saturated rings. The summed E-state index contributed by atoms with van der Waals surface area (Å²) in [7, 11) is -3.46. The predicted molar refractivity (Wildman–Crippen MR) is 96.5 cm³/mol. The maximum absolute atomic E-state index is 12.7. The van der Waals surface area contributed by atoms with Gasteiger partial charge in [0.15, 0.2) is 0 Å². The van der Waals surface area contributed by atoms with Gasteiger partial charge in [-0.25, -0.2) is 8.42 Å². The van der Waals surface area contributed by atoms with Crippen LogP contribution in [0.5, 0.6) is 0 Å². The second-order valence-corrected chi connectivity index (χ2v) is 9.79. The summed E-state index contributed by atoms with van der Waals surface area (Å²) >= 11 is 1.62. The molecule has 1 saturated heterocycles. The smallest absolute Gasteiger partial charge is 0.243 e. The van der Waals surface area contributed by atoms with Crippen LogP contribution in [0, 0.1) is 11.3 Å². The van der Waals surface area contributed by atoms with Crippen molar-refractivity contribution in [3.63, 3.8) is 0 Å². The summed E-state index contributed by atoms with van der Waals surface area (Å²) in [6.45, 7) is 1.49. The van der Waals surface area contributed by atoms with Gasteiger partial charge in [0, 0.05) is 23.9 Å². The van der Waals surface area contributed by atoms with Gasteiger partial charge < -0.3 is 5.32 Å². The highest BCUT2D eigenvalue weighted by Gasteiger charge is 2.62. The molecule has 0 bridgehead atoms. The molecule has 1 saturated carbocycles. The van der Waals surface area contributed by atoms with Crippen LogP contribution in [0.15, 0.2) is 52.7 Å². The van der Waals surface area contributed by atoms with Crippen molar-refractivity contribution in [3.8, 4) is 0 Å². The second-order valence-electron chi connectivity index (χ2n) is 6.82. The molecule has 1 aliphatic carbocycles. The quantitative estimate of drug-likeness (QED) is 0.872. The van der Waals surface area contributed by atoms with Crippen LogP contribution in [0.1, 0.15) is 17.7 Å². The van der Waals surface area contributed by atoms with Crippen LogP contribution < -0.4 is 5.32 Å². The Bertz CT molecular complexity index is 865. The van der Waals surface area contributed by atoms with Crippen molar-refractivity contribution in [2.75, 3.05) is 13.1 Å². The number of rotatable bonds is 5. The first-order valence-electron chi connectivity index (χ1n) is 8.37. The van der Waals surface area contributed by atoms with Gasteiger partial charge in [-0.15, -0.1) is 11.3 Å². The Hall–Kier alpha value is -1.70. The van der Waals surface area contributed by atoms with E-state index >= 15 is 0 Å². The van der Waals surface area contributed by atoms with Crippen LogP contribution in [-0.2, 0) is 21.4 Å². The third-order valence-corrected chi connectivity index (χ3v) is 7.99. The average Bonchev–Trinajstić information content (AvgIpc) is 2.96. The molecule has 4 rings (SSSR count). The Morgan fingerprint density at radius 1 is 1.24 bits per heavy atom. The fourth-order valence-electron chi connectivity index (χ4n) is 3.68. The summed E-state index contributed by atoms with van der Waals surface area (Å²) in [5.41, 5.74) is -0.165. The zero-order chi connectivity index (χ0) is 17.5. The van der Waals surface area contributed by atoms with Gasteiger partial charge in [0.1, 0.15) is 0 Å². The van der Waals surface area contributed by atoms with Crippen LogP contribution in [0.25, 0.3) is 0 Å². The monoisotopic (exact) mass is 376 g/mol. The fourth-order valence-corrected chi connectivity index (χ4v) is 5.89. The summed E-state index contributed by atoms with van der Waals surface area (Å²) in [6, 6.07) is 12.5. The van der Waals surface area contributed by atoms with Crippen molar-refractivity contribution in [2.45, 2.75) is 24.3 Å². The first-order chi connectivity index (χ1) is 12.0. The molecule has 7 heteroatoms. The number of hydrogen-bond donors (Lipinski definition) is 1. The molecule has 0 radical (unpaired) electrons. The minimum absolute atomic E-state index is 0.0485. The molecule has 2 atom stereocenters. The van der Waals surface area contributed by atoms with Crippen molar-refractivity contribution in [1.29, 1.82) is 0 Å². The van der Waals surface area contributed by atoms with Gasteiger partial charge in [-0.05, 0) is 41.8 Å².